The van der Waals surface area contributed by atoms with Gasteiger partial charge in [0.25, 0.3) is 0 Å². The lowest BCUT2D eigenvalue weighted by atomic mass is 10.1. The lowest BCUT2D eigenvalue weighted by Crippen LogP contribution is -2.52. The minimum atomic E-state index is -3.79. The summed E-state index contributed by atoms with van der Waals surface area (Å²) in [5.41, 5.74) is 1.91. The molecule has 2 amide bonds. The van der Waals surface area contributed by atoms with Crippen LogP contribution in [0.4, 0.5) is 5.69 Å². The molecule has 0 fully saturated rings. The van der Waals surface area contributed by atoms with E-state index in [9.17, 15) is 18.0 Å². The van der Waals surface area contributed by atoms with Crippen LogP contribution in [0, 0.1) is 6.92 Å². The van der Waals surface area contributed by atoms with Crippen molar-refractivity contribution in [2.75, 3.05) is 17.1 Å². The summed E-state index contributed by atoms with van der Waals surface area (Å²) in [6.07, 6.45) is 1.03. The second kappa shape index (κ2) is 10.8. The van der Waals surface area contributed by atoms with Crippen LogP contribution in [0.5, 0.6) is 0 Å². The Labute approximate surface area is 195 Å². The fourth-order valence-electron chi connectivity index (χ4n) is 3.12. The van der Waals surface area contributed by atoms with E-state index in [4.69, 9.17) is 11.6 Å². The lowest BCUT2D eigenvalue weighted by molar-refractivity contribution is -0.139. The molecule has 2 aromatic carbocycles. The monoisotopic (exact) mass is 479 g/mol. The summed E-state index contributed by atoms with van der Waals surface area (Å²) in [5.74, 6) is -0.809. The zero-order valence-electron chi connectivity index (χ0n) is 19.0. The molecule has 0 aliphatic heterocycles. The van der Waals surface area contributed by atoms with Gasteiger partial charge in [-0.25, -0.2) is 8.42 Å². The van der Waals surface area contributed by atoms with Gasteiger partial charge in [0.2, 0.25) is 21.8 Å². The maximum Gasteiger partial charge on any atom is 0.244 e. The Hall–Kier alpha value is -2.58. The number of hydrogen-bond donors (Lipinski definition) is 1. The van der Waals surface area contributed by atoms with E-state index >= 15 is 0 Å². The van der Waals surface area contributed by atoms with Crippen LogP contribution in [0.2, 0.25) is 5.02 Å². The van der Waals surface area contributed by atoms with Crippen molar-refractivity contribution in [2.24, 2.45) is 0 Å². The molecule has 32 heavy (non-hydrogen) atoms. The van der Waals surface area contributed by atoms with Crippen LogP contribution in [0.25, 0.3) is 0 Å². The van der Waals surface area contributed by atoms with Gasteiger partial charge in [-0.3, -0.25) is 13.9 Å². The van der Waals surface area contributed by atoms with Crippen LogP contribution in [0.3, 0.4) is 0 Å². The van der Waals surface area contributed by atoms with Gasteiger partial charge in [0.1, 0.15) is 12.6 Å². The summed E-state index contributed by atoms with van der Waals surface area (Å²) in [6, 6.07) is 13.2. The Morgan fingerprint density at radius 3 is 2.22 bits per heavy atom. The van der Waals surface area contributed by atoms with Crippen molar-refractivity contribution in [1.29, 1.82) is 0 Å². The highest BCUT2D eigenvalue weighted by Crippen LogP contribution is 2.25. The molecule has 0 aliphatic rings. The van der Waals surface area contributed by atoms with Gasteiger partial charge in [0, 0.05) is 17.6 Å². The van der Waals surface area contributed by atoms with Crippen LogP contribution in [0.15, 0.2) is 48.5 Å². The van der Waals surface area contributed by atoms with E-state index in [1.807, 2.05) is 44.2 Å². The Morgan fingerprint density at radius 2 is 1.69 bits per heavy atom. The van der Waals surface area contributed by atoms with Crippen molar-refractivity contribution < 1.29 is 18.0 Å². The van der Waals surface area contributed by atoms with E-state index < -0.39 is 28.5 Å². The molecule has 0 heterocycles. The first kappa shape index (κ1) is 25.7. The average Bonchev–Trinajstić information content (AvgIpc) is 2.71. The molecule has 2 aromatic rings. The number of anilines is 1. The second-order valence-electron chi connectivity index (χ2n) is 8.05. The summed E-state index contributed by atoms with van der Waals surface area (Å²) >= 11 is 6.19. The van der Waals surface area contributed by atoms with Gasteiger partial charge in [-0.05, 0) is 51.0 Å². The molecule has 174 valence electrons. The number of nitrogens with zero attached hydrogens (tertiary/aromatic N) is 2. The van der Waals surface area contributed by atoms with Crippen molar-refractivity contribution in [3.63, 3.8) is 0 Å². The topological polar surface area (TPSA) is 86.8 Å². The number of hydrogen-bond acceptors (Lipinski definition) is 4. The maximum atomic E-state index is 13.4. The molecule has 1 N–H and O–H groups in total. The highest BCUT2D eigenvalue weighted by Gasteiger charge is 2.30. The van der Waals surface area contributed by atoms with Crippen LogP contribution in [-0.4, -0.2) is 50.0 Å². The third kappa shape index (κ3) is 6.97. The van der Waals surface area contributed by atoms with E-state index in [1.54, 1.807) is 26.0 Å². The minimum Gasteiger partial charge on any atom is -0.352 e. The summed E-state index contributed by atoms with van der Waals surface area (Å²) < 4.78 is 26.1. The van der Waals surface area contributed by atoms with E-state index in [2.05, 4.69) is 5.32 Å². The summed E-state index contributed by atoms with van der Waals surface area (Å²) in [5, 5.41) is 3.21. The smallest absolute Gasteiger partial charge is 0.244 e. The SMILES string of the molecule is Cc1ccc(N(CC(=O)N(Cc2ccccc2)[C@H](C)C(=O)NC(C)C)S(C)(=O)=O)cc1Cl. The fraction of sp³-hybridized carbons (Fsp3) is 0.391. The van der Waals surface area contributed by atoms with Gasteiger partial charge in [-0.15, -0.1) is 0 Å². The molecule has 1 atom stereocenters. The number of carbonyl (C=O) groups excluding carboxylic acids is 2. The number of sulfonamides is 1. The average molecular weight is 480 g/mol. The minimum absolute atomic E-state index is 0.0964. The Morgan fingerprint density at radius 1 is 1.06 bits per heavy atom. The number of aryl methyl sites for hydroxylation is 1. The van der Waals surface area contributed by atoms with E-state index in [-0.39, 0.29) is 24.2 Å². The fourth-order valence-corrected chi connectivity index (χ4v) is 4.13. The van der Waals surface area contributed by atoms with E-state index in [0.717, 1.165) is 21.7 Å². The van der Waals surface area contributed by atoms with Gasteiger partial charge in [-0.2, -0.15) is 0 Å². The van der Waals surface area contributed by atoms with Crippen molar-refractivity contribution in [3.05, 3.63) is 64.7 Å². The van der Waals surface area contributed by atoms with Gasteiger partial charge in [0.15, 0.2) is 0 Å². The normalized spacial score (nSPS) is 12.3. The van der Waals surface area contributed by atoms with E-state index in [1.165, 1.54) is 11.0 Å². The first-order chi connectivity index (χ1) is 14.9. The molecule has 0 bridgehead atoms. The summed E-state index contributed by atoms with van der Waals surface area (Å²) in [7, 11) is -3.79. The van der Waals surface area contributed by atoms with Gasteiger partial charge in [0.05, 0.1) is 11.9 Å². The molecule has 0 spiro atoms. The molecule has 0 saturated heterocycles. The van der Waals surface area contributed by atoms with Gasteiger partial charge < -0.3 is 10.2 Å². The number of halogens is 1. The Bertz CT molecular complexity index is 1060. The first-order valence-electron chi connectivity index (χ1n) is 10.3. The number of amides is 2. The third-order valence-corrected chi connectivity index (χ3v) is 6.46. The molecule has 0 radical (unpaired) electrons. The Kier molecular flexibility index (Phi) is 8.69. The predicted molar refractivity (Wildman–Crippen MR) is 128 cm³/mol. The van der Waals surface area contributed by atoms with Gasteiger partial charge >= 0.3 is 0 Å². The maximum absolute atomic E-state index is 13.4. The lowest BCUT2D eigenvalue weighted by Gasteiger charge is -2.32. The molecule has 0 saturated carbocycles. The molecule has 0 unspecified atom stereocenters. The third-order valence-electron chi connectivity index (χ3n) is 4.92. The van der Waals surface area contributed by atoms with Crippen LogP contribution in [0.1, 0.15) is 31.9 Å². The summed E-state index contributed by atoms with van der Waals surface area (Å²) in [4.78, 5) is 27.4. The first-order valence-corrected chi connectivity index (χ1v) is 12.5. The van der Waals surface area contributed by atoms with Crippen molar-refractivity contribution in [2.45, 2.75) is 46.3 Å². The quantitative estimate of drug-likeness (QED) is 0.597. The molecule has 9 heteroatoms. The van der Waals surface area contributed by atoms with Crippen molar-refractivity contribution in [3.8, 4) is 0 Å². The Balaban J connectivity index is 2.38. The standard InChI is InChI=1S/C23H30ClN3O4S/c1-16(2)25-23(29)18(4)26(14-19-9-7-6-8-10-19)22(28)15-27(32(5,30)31)20-12-11-17(3)21(24)13-20/h6-13,16,18H,14-15H2,1-5H3,(H,25,29)/t18-/m1/s1. The second-order valence-corrected chi connectivity index (χ2v) is 10.4. The number of carbonyl (C=O) groups is 2. The summed E-state index contributed by atoms with van der Waals surface area (Å²) in [6.45, 7) is 6.81. The molecular formula is C23H30ClN3O4S. The van der Waals surface area contributed by atoms with Crippen molar-refractivity contribution >= 4 is 39.1 Å². The highest BCUT2D eigenvalue weighted by atomic mass is 35.5. The largest absolute Gasteiger partial charge is 0.352 e. The number of benzene rings is 2. The van der Waals surface area contributed by atoms with Crippen LogP contribution < -0.4 is 9.62 Å². The van der Waals surface area contributed by atoms with E-state index in [0.29, 0.717) is 5.02 Å². The predicted octanol–water partition coefficient (Wildman–Crippen LogP) is 3.36. The highest BCUT2D eigenvalue weighted by molar-refractivity contribution is 7.92. The van der Waals surface area contributed by atoms with Crippen LogP contribution >= 0.6 is 11.6 Å². The molecule has 7 nitrogen and oxygen atoms in total. The number of rotatable bonds is 9. The zero-order chi connectivity index (χ0) is 24.1. The molecule has 2 rings (SSSR count). The molecule has 0 aliphatic carbocycles. The molecular weight excluding hydrogens is 450 g/mol. The zero-order valence-corrected chi connectivity index (χ0v) is 20.6. The van der Waals surface area contributed by atoms with Gasteiger partial charge in [-0.1, -0.05) is 48.0 Å². The van der Waals surface area contributed by atoms with Crippen LogP contribution in [-0.2, 0) is 26.2 Å². The molecule has 0 aromatic heterocycles. The van der Waals surface area contributed by atoms with Crippen molar-refractivity contribution in [1.82, 2.24) is 10.2 Å². The number of nitrogens with one attached hydrogen (secondary N) is 1.